The molecule has 0 aromatic carbocycles. The molecule has 4 heteroatoms. The number of nitrogens with zero attached hydrogens (tertiary/aromatic N) is 2. The van der Waals surface area contributed by atoms with E-state index in [9.17, 15) is 4.39 Å². The minimum Gasteiger partial charge on any atom is -0.253 e. The summed E-state index contributed by atoms with van der Waals surface area (Å²) in [4.78, 5) is 8.76. The van der Waals surface area contributed by atoms with Gasteiger partial charge in [-0.2, -0.15) is 0 Å². The van der Waals surface area contributed by atoms with E-state index in [1.54, 1.807) is 0 Å². The topological polar surface area (TPSA) is 39.9 Å². The summed E-state index contributed by atoms with van der Waals surface area (Å²) in [5.41, 5.74) is 0. The lowest BCUT2D eigenvalue weighted by Gasteiger charge is -1.66. The Morgan fingerprint density at radius 1 is 1.43 bits per heavy atom. The molecule has 3 nitrogen and oxygen atoms in total. The number of aromatic nitrogens is 3. The van der Waals surface area contributed by atoms with E-state index < -0.39 is 6.08 Å². The Balaban J connectivity index is 3.02. The molecular formula is C3H3FN3+. The van der Waals surface area contributed by atoms with Crippen molar-refractivity contribution in [3.05, 3.63) is 18.7 Å². The fraction of sp³-hybridized carbons (Fsp3) is 0. The molecular weight excluding hydrogens is 97.1 g/mol. The number of hydrogen-bond acceptors (Lipinski definition) is 2. The molecule has 0 aliphatic carbocycles. The summed E-state index contributed by atoms with van der Waals surface area (Å²) < 4.78 is 11.7. The second kappa shape index (κ2) is 1.59. The fourth-order valence-corrected chi connectivity index (χ4v) is 0.248. The van der Waals surface area contributed by atoms with Crippen LogP contribution in [0.3, 0.4) is 0 Å². The zero-order chi connectivity index (χ0) is 5.11. The van der Waals surface area contributed by atoms with Crippen molar-refractivity contribution in [2.24, 2.45) is 0 Å². The summed E-state index contributed by atoms with van der Waals surface area (Å²) in [6.07, 6.45) is 1.74. The second-order valence-corrected chi connectivity index (χ2v) is 0.952. The van der Waals surface area contributed by atoms with Crippen LogP contribution in [0, 0.1) is 6.08 Å². The van der Waals surface area contributed by atoms with Crippen LogP contribution in [0.2, 0.25) is 0 Å². The number of nitrogens with one attached hydrogen (secondary N) is 1. The standard InChI is InChI=1S/C3H2FN3/c4-3-6-1-5-2-7-3/h1-2H/p+1. The predicted molar refractivity (Wildman–Crippen MR) is 18.5 cm³/mol. The summed E-state index contributed by atoms with van der Waals surface area (Å²) in [5.74, 6) is 0. The van der Waals surface area contributed by atoms with E-state index in [2.05, 4.69) is 15.0 Å². The Bertz CT molecular complexity index is 140. The van der Waals surface area contributed by atoms with Gasteiger partial charge in [-0.15, -0.1) is 4.39 Å². The molecule has 0 atom stereocenters. The van der Waals surface area contributed by atoms with Gasteiger partial charge in [0.15, 0.2) is 0 Å². The van der Waals surface area contributed by atoms with Crippen LogP contribution in [0.1, 0.15) is 0 Å². The van der Waals surface area contributed by atoms with Crippen molar-refractivity contribution in [3.8, 4) is 0 Å². The van der Waals surface area contributed by atoms with Crippen molar-refractivity contribution < 1.29 is 9.37 Å². The Morgan fingerprint density at radius 3 is 2.29 bits per heavy atom. The molecule has 1 N–H and O–H groups in total. The zero-order valence-corrected chi connectivity index (χ0v) is 3.43. The van der Waals surface area contributed by atoms with Gasteiger partial charge >= 0.3 is 6.08 Å². The lowest BCUT2D eigenvalue weighted by molar-refractivity contribution is -0.389. The van der Waals surface area contributed by atoms with Gasteiger partial charge in [-0.1, -0.05) is 0 Å². The molecule has 0 amide bonds. The third-order valence-corrected chi connectivity index (χ3v) is 0.491. The molecule has 7 heavy (non-hydrogen) atoms. The first-order chi connectivity index (χ1) is 3.39. The van der Waals surface area contributed by atoms with E-state index in [1.165, 1.54) is 12.7 Å². The average molecular weight is 100 g/mol. The molecule has 1 aromatic rings. The molecule has 0 aliphatic heterocycles. The van der Waals surface area contributed by atoms with Gasteiger partial charge in [0.05, 0.1) is 0 Å². The van der Waals surface area contributed by atoms with Gasteiger partial charge in [0.1, 0.15) is 0 Å². The molecule has 0 aliphatic rings. The Labute approximate surface area is 39.3 Å². The maximum Gasteiger partial charge on any atom is 0.461 e. The van der Waals surface area contributed by atoms with Gasteiger partial charge in [-0.3, -0.25) is 4.98 Å². The van der Waals surface area contributed by atoms with Crippen molar-refractivity contribution in [2.75, 3.05) is 0 Å². The molecule has 36 valence electrons. The Morgan fingerprint density at radius 2 is 2.00 bits per heavy atom. The van der Waals surface area contributed by atoms with Crippen LogP contribution in [0.25, 0.3) is 0 Å². The lowest BCUT2D eigenvalue weighted by atomic mass is 11.1. The third-order valence-electron chi connectivity index (χ3n) is 0.491. The maximum atomic E-state index is 11.7. The van der Waals surface area contributed by atoms with Crippen LogP contribution < -0.4 is 4.98 Å². The van der Waals surface area contributed by atoms with Crippen molar-refractivity contribution in [2.45, 2.75) is 0 Å². The Kier molecular flexibility index (Phi) is 0.934. The van der Waals surface area contributed by atoms with Crippen molar-refractivity contribution in [3.63, 3.8) is 0 Å². The van der Waals surface area contributed by atoms with Crippen molar-refractivity contribution in [1.29, 1.82) is 0 Å². The number of hydrogen-bond donors (Lipinski definition) is 0. The van der Waals surface area contributed by atoms with Gasteiger partial charge in [0.25, 0.3) is 0 Å². The van der Waals surface area contributed by atoms with Crippen LogP contribution >= 0.6 is 0 Å². The van der Waals surface area contributed by atoms with Gasteiger partial charge in [0, 0.05) is 0 Å². The molecule has 1 rings (SSSR count). The summed E-state index contributed by atoms with van der Waals surface area (Å²) >= 11 is 0. The van der Waals surface area contributed by atoms with E-state index in [0.717, 1.165) is 0 Å². The third kappa shape index (κ3) is 0.887. The number of rotatable bonds is 0. The summed E-state index contributed by atoms with van der Waals surface area (Å²) in [7, 11) is 0. The first kappa shape index (κ1) is 4.11. The van der Waals surface area contributed by atoms with Crippen molar-refractivity contribution >= 4 is 0 Å². The molecule has 0 radical (unpaired) electrons. The molecule has 0 spiro atoms. The lowest BCUT2D eigenvalue weighted by Crippen LogP contribution is -2.04. The highest BCUT2D eigenvalue weighted by Crippen LogP contribution is 1.72. The molecule has 0 saturated heterocycles. The SMILES string of the molecule is Fc1nc[nH+]cn1. The summed E-state index contributed by atoms with van der Waals surface area (Å²) in [6, 6.07) is 0. The van der Waals surface area contributed by atoms with Crippen LogP contribution in [-0.2, 0) is 0 Å². The molecule has 0 bridgehead atoms. The van der Waals surface area contributed by atoms with Crippen LogP contribution in [-0.4, -0.2) is 9.97 Å². The average Bonchev–Trinajstić information content (AvgIpc) is 1.69. The van der Waals surface area contributed by atoms with Crippen LogP contribution in [0.15, 0.2) is 12.7 Å². The van der Waals surface area contributed by atoms with Gasteiger partial charge in [0.2, 0.25) is 12.7 Å². The largest absolute Gasteiger partial charge is 0.461 e. The van der Waals surface area contributed by atoms with E-state index in [1.807, 2.05) is 0 Å². The Hall–Kier alpha value is -1.06. The molecule has 0 fully saturated rings. The predicted octanol–water partition coefficient (Wildman–Crippen LogP) is -0.570. The van der Waals surface area contributed by atoms with Crippen molar-refractivity contribution in [1.82, 2.24) is 9.97 Å². The molecule has 0 saturated carbocycles. The van der Waals surface area contributed by atoms with E-state index in [-0.39, 0.29) is 0 Å². The zero-order valence-electron chi connectivity index (χ0n) is 3.43. The highest BCUT2D eigenvalue weighted by atomic mass is 19.1. The monoisotopic (exact) mass is 100 g/mol. The smallest absolute Gasteiger partial charge is 0.253 e. The molecule has 1 aromatic heterocycles. The summed E-state index contributed by atoms with van der Waals surface area (Å²) in [6.45, 7) is 0. The highest BCUT2D eigenvalue weighted by Gasteiger charge is 1.93. The number of H-pyrrole nitrogens is 1. The van der Waals surface area contributed by atoms with Gasteiger partial charge in [-0.05, 0) is 9.97 Å². The maximum absolute atomic E-state index is 11.7. The second-order valence-electron chi connectivity index (χ2n) is 0.952. The van der Waals surface area contributed by atoms with E-state index in [4.69, 9.17) is 0 Å². The van der Waals surface area contributed by atoms with Gasteiger partial charge in [-0.25, -0.2) is 0 Å². The van der Waals surface area contributed by atoms with Gasteiger partial charge < -0.3 is 0 Å². The number of aromatic amines is 1. The quantitative estimate of drug-likeness (QED) is 0.438. The first-order valence-electron chi connectivity index (χ1n) is 1.73. The van der Waals surface area contributed by atoms with E-state index in [0.29, 0.717) is 0 Å². The van der Waals surface area contributed by atoms with Crippen LogP contribution in [0.5, 0.6) is 0 Å². The normalized spacial score (nSPS) is 8.71. The minimum atomic E-state index is -0.709. The molecule has 0 unspecified atom stereocenters. The first-order valence-corrected chi connectivity index (χ1v) is 1.73. The fourth-order valence-electron chi connectivity index (χ4n) is 0.248. The molecule has 1 heterocycles. The number of halogens is 1. The minimum absolute atomic E-state index is 0.709. The van der Waals surface area contributed by atoms with Crippen LogP contribution in [0.4, 0.5) is 4.39 Å². The van der Waals surface area contributed by atoms with E-state index >= 15 is 0 Å². The highest BCUT2D eigenvalue weighted by molar-refractivity contribution is 4.47. The summed E-state index contributed by atoms with van der Waals surface area (Å²) in [5, 5.41) is 0.